The first-order valence-corrected chi connectivity index (χ1v) is 32.1. The molecule has 12 rings (SSSR count). The Bertz CT molecular complexity index is 3650. The zero-order chi connectivity index (χ0) is 63.6. The summed E-state index contributed by atoms with van der Waals surface area (Å²) in [5.41, 5.74) is 11.7. The van der Waals surface area contributed by atoms with E-state index in [0.717, 1.165) is 130 Å². The molecule has 6 aliphatic rings. The van der Waals surface area contributed by atoms with Crippen molar-refractivity contribution >= 4 is 104 Å². The van der Waals surface area contributed by atoms with E-state index >= 15 is 0 Å². The van der Waals surface area contributed by atoms with Crippen molar-refractivity contribution in [3.05, 3.63) is 105 Å². The van der Waals surface area contributed by atoms with Crippen LogP contribution in [0, 0.1) is 25.7 Å². The fraction of sp³-hybridized carbons (Fsp3) is 0.531. The number of likely N-dealkylation sites (tertiary alicyclic amines) is 2. The average molecular weight is 1280 g/mol. The topological polar surface area (TPSA) is 256 Å². The molecule has 8 heterocycles. The fourth-order valence-electron chi connectivity index (χ4n) is 11.8. The van der Waals surface area contributed by atoms with Crippen LogP contribution in [0.3, 0.4) is 0 Å². The summed E-state index contributed by atoms with van der Waals surface area (Å²) in [6.45, 7) is 19.1. The number of hydrogen-bond donors (Lipinski definition) is 4. The Morgan fingerprint density at radius 3 is 1.46 bits per heavy atom. The Balaban J connectivity index is 0.000000180. The molecule has 25 heteroatoms. The van der Waals surface area contributed by atoms with Crippen molar-refractivity contribution in [3.8, 4) is 0 Å². The second kappa shape index (κ2) is 27.0. The van der Waals surface area contributed by atoms with E-state index < -0.39 is 23.4 Å². The van der Waals surface area contributed by atoms with Gasteiger partial charge in [0.25, 0.3) is 11.8 Å². The normalized spacial score (nSPS) is 20.3. The summed E-state index contributed by atoms with van der Waals surface area (Å²) < 4.78 is 14.4. The number of alkyl carbamates (subject to hydrolysis) is 2. The van der Waals surface area contributed by atoms with Crippen molar-refractivity contribution in [1.82, 2.24) is 49.6 Å². The van der Waals surface area contributed by atoms with Crippen molar-refractivity contribution in [2.24, 2.45) is 11.8 Å². The zero-order valence-corrected chi connectivity index (χ0v) is 54.2. The molecule has 0 radical (unpaired) electrons. The van der Waals surface area contributed by atoms with Crippen molar-refractivity contribution in [2.75, 3.05) is 60.1 Å². The van der Waals surface area contributed by atoms with E-state index in [-0.39, 0.29) is 59.0 Å². The van der Waals surface area contributed by atoms with Gasteiger partial charge in [0.2, 0.25) is 11.1 Å². The number of nitrogens with two attached hydrogens (primary N) is 1. The molecule has 4 aliphatic heterocycles. The molecule has 0 bridgehead atoms. The lowest BCUT2D eigenvalue weighted by Crippen LogP contribution is -2.40. The monoisotopic (exact) mass is 1280 g/mol. The number of aromatic nitrogens is 6. The number of nitrogens with one attached hydrogen (secondary N) is 3. The van der Waals surface area contributed by atoms with Gasteiger partial charge in [0.05, 0.1) is 52.4 Å². The molecule has 2 aliphatic carbocycles. The third-order valence-electron chi connectivity index (χ3n) is 16.4. The molecule has 476 valence electrons. The van der Waals surface area contributed by atoms with Crippen LogP contribution < -0.4 is 31.5 Å². The number of halogens is 3. The molecule has 2 aromatic carbocycles. The first-order chi connectivity index (χ1) is 42.2. The number of piperidine rings is 2. The highest BCUT2D eigenvalue weighted by atomic mass is 35.5. The predicted octanol–water partition coefficient (Wildman–Crippen LogP) is 11.4. The highest BCUT2D eigenvalue weighted by Crippen LogP contribution is 2.38. The van der Waals surface area contributed by atoms with Crippen molar-refractivity contribution < 1.29 is 38.2 Å². The summed E-state index contributed by atoms with van der Waals surface area (Å²) in [5.74, 6) is 1.59. The number of fused-ring (bicyclic) bond motifs is 2. The van der Waals surface area contributed by atoms with Crippen LogP contribution in [0.1, 0.15) is 174 Å². The van der Waals surface area contributed by atoms with Gasteiger partial charge in [-0.05, 0) is 180 Å². The number of benzene rings is 2. The van der Waals surface area contributed by atoms with Gasteiger partial charge in [-0.3, -0.25) is 19.2 Å². The van der Waals surface area contributed by atoms with Crippen LogP contribution in [0.4, 0.5) is 32.6 Å². The molecular weight excluding hydrogens is 1200 g/mol. The Labute approximate surface area is 533 Å². The van der Waals surface area contributed by atoms with E-state index in [1.54, 1.807) is 45.4 Å². The third-order valence-corrected chi connectivity index (χ3v) is 17.2. The summed E-state index contributed by atoms with van der Waals surface area (Å²) >= 11 is 17.5. The summed E-state index contributed by atoms with van der Waals surface area (Å²) in [7, 11) is 0. The largest absolute Gasteiger partial charge is 0.444 e. The standard InChI is InChI=1S/C32H40ClN7O4.C28H36ClN7O3.C4H5ClO/c1-19-17-40-27(36-28(19)38-14-12-22(18-38)34-31(43)44-32(2,3)4)16-25(37-40)26-7-5-6-13-39(26)30(42)23-15-21(33)10-11-24(23)35-29(41)20-8-9-20;1-17-15-36-24(32-25(17)34-12-10-19(16-34)31-27(38)39-28(2,3)4)14-22(33-36)23-7-5-6-11-35(23)26(37)20-13-18(29)8-9-21(20)30;5-4(6)3-1-2-3/h10-11,15-17,20,22,26H,5-9,12-14,18H2,1-4H3,(H,34,43)(H,35,41);8-9,13-15,19,23H,5-7,10-12,16,30H2,1-4H3,(H,31,38);3H,1-2H2/t22-,26-;19-,23-;/m00./s1. The molecular formula is C64H81Cl3N14O8. The molecule has 5 N–H and O–H groups in total. The predicted molar refractivity (Wildman–Crippen MR) is 343 cm³/mol. The fourth-order valence-corrected chi connectivity index (χ4v) is 12.3. The lowest BCUT2D eigenvalue weighted by molar-refractivity contribution is -0.117. The van der Waals surface area contributed by atoms with Crippen LogP contribution in [-0.2, 0) is 19.1 Å². The number of carbonyl (C=O) groups excluding carboxylic acids is 6. The summed E-state index contributed by atoms with van der Waals surface area (Å²) in [6, 6.07) is 13.5. The average Bonchev–Trinajstić information content (AvgIpc) is 1.78. The summed E-state index contributed by atoms with van der Waals surface area (Å²) in [5, 5.41) is 19.4. The smallest absolute Gasteiger partial charge is 0.407 e. The number of carbonyl (C=O) groups is 6. The quantitative estimate of drug-likeness (QED) is 0.0695. The molecule has 0 unspecified atom stereocenters. The molecule has 4 atom stereocenters. The van der Waals surface area contributed by atoms with Gasteiger partial charge in [-0.1, -0.05) is 23.2 Å². The minimum Gasteiger partial charge on any atom is -0.444 e. The highest BCUT2D eigenvalue weighted by molar-refractivity contribution is 6.64. The molecule has 5 amide bonds. The Morgan fingerprint density at radius 2 is 1.02 bits per heavy atom. The maximum atomic E-state index is 14.0. The van der Waals surface area contributed by atoms with Gasteiger partial charge in [0.15, 0.2) is 11.3 Å². The molecule has 4 saturated heterocycles. The minimum absolute atomic E-state index is 0.0153. The van der Waals surface area contributed by atoms with Crippen LogP contribution in [0.25, 0.3) is 11.3 Å². The van der Waals surface area contributed by atoms with E-state index in [1.807, 2.05) is 89.7 Å². The van der Waals surface area contributed by atoms with Gasteiger partial charge < -0.3 is 50.8 Å². The van der Waals surface area contributed by atoms with E-state index in [9.17, 15) is 28.8 Å². The van der Waals surface area contributed by atoms with Crippen LogP contribution in [0.15, 0.2) is 60.9 Å². The van der Waals surface area contributed by atoms with Gasteiger partial charge in [-0.2, -0.15) is 10.2 Å². The highest BCUT2D eigenvalue weighted by Gasteiger charge is 2.37. The molecule has 89 heavy (non-hydrogen) atoms. The van der Waals surface area contributed by atoms with Gasteiger partial charge in [0.1, 0.15) is 22.8 Å². The van der Waals surface area contributed by atoms with E-state index in [2.05, 4.69) is 25.8 Å². The van der Waals surface area contributed by atoms with Crippen molar-refractivity contribution in [1.29, 1.82) is 0 Å². The number of aryl methyl sites for hydroxylation is 2. The molecule has 0 spiro atoms. The lowest BCUT2D eigenvalue weighted by Gasteiger charge is -2.35. The van der Waals surface area contributed by atoms with Crippen molar-refractivity contribution in [2.45, 2.75) is 168 Å². The van der Waals surface area contributed by atoms with Crippen LogP contribution in [0.2, 0.25) is 10.0 Å². The van der Waals surface area contributed by atoms with Crippen molar-refractivity contribution in [3.63, 3.8) is 0 Å². The first kappa shape index (κ1) is 64.6. The molecule has 6 aromatic rings. The maximum absolute atomic E-state index is 14.0. The van der Waals surface area contributed by atoms with E-state index in [4.69, 9.17) is 70.2 Å². The number of hydrogen-bond acceptors (Lipinski definition) is 15. The Kier molecular flexibility index (Phi) is 19.5. The number of rotatable bonds is 11. The number of nitrogens with zero attached hydrogens (tertiary/aromatic N) is 10. The van der Waals surface area contributed by atoms with Crippen LogP contribution >= 0.6 is 34.8 Å². The molecule has 2 saturated carbocycles. The second-order valence-electron chi connectivity index (χ2n) is 26.2. The van der Waals surface area contributed by atoms with E-state index in [0.29, 0.717) is 64.4 Å². The molecule has 6 fully saturated rings. The van der Waals surface area contributed by atoms with Gasteiger partial charge in [-0.25, -0.2) is 28.6 Å². The third kappa shape index (κ3) is 16.3. The minimum atomic E-state index is -0.549. The number of nitrogen functional groups attached to an aromatic ring is 1. The SMILES string of the molecule is Cc1cn2nc([C@@H]3CCCCN3C(=O)c3cc(Cl)ccc3N)cc2nc1N1CC[C@H](NC(=O)OC(C)(C)C)C1.Cc1cn2nc([C@@H]3CCCCN3C(=O)c3cc(Cl)ccc3NC(=O)C3CC3)cc2nc1N1CC[C@H](NC(=O)OC(C)(C)C)C1.O=C(Cl)C1CC1. The molecule has 22 nitrogen and oxygen atoms in total. The number of anilines is 4. The Morgan fingerprint density at radius 1 is 0.573 bits per heavy atom. The summed E-state index contributed by atoms with van der Waals surface area (Å²) in [4.78, 5) is 92.6. The van der Waals surface area contributed by atoms with Gasteiger partial charge in [0, 0.05) is 102 Å². The van der Waals surface area contributed by atoms with Crippen LogP contribution in [-0.4, -0.2) is 137 Å². The van der Waals surface area contributed by atoms with E-state index in [1.165, 1.54) is 0 Å². The summed E-state index contributed by atoms with van der Waals surface area (Å²) in [6.07, 6.45) is 13.9. The Hall–Kier alpha value is -7.43. The second-order valence-corrected chi connectivity index (χ2v) is 27.4. The number of ether oxygens (including phenoxy) is 2. The van der Waals surface area contributed by atoms with Gasteiger partial charge in [-0.15, -0.1) is 0 Å². The van der Waals surface area contributed by atoms with Crippen LogP contribution in [0.5, 0.6) is 0 Å². The number of amides is 5. The zero-order valence-electron chi connectivity index (χ0n) is 51.9. The van der Waals surface area contributed by atoms with Gasteiger partial charge >= 0.3 is 12.2 Å². The first-order valence-electron chi connectivity index (χ1n) is 30.9. The lowest BCUT2D eigenvalue weighted by atomic mass is 9.98. The molecule has 4 aromatic heterocycles. The maximum Gasteiger partial charge on any atom is 0.407 e.